The van der Waals surface area contributed by atoms with Crippen molar-refractivity contribution in [3.63, 3.8) is 0 Å². The largest absolute Gasteiger partial charge is 0.480 e. The molecule has 1 unspecified atom stereocenters. The lowest BCUT2D eigenvalue weighted by Gasteiger charge is -2.21. The molecular formula is C13H19N3O3. The molecule has 2 N–H and O–H groups in total. The normalized spacial score (nSPS) is 17.9. The average Bonchev–Trinajstić information content (AvgIpc) is 2.88. The van der Waals surface area contributed by atoms with Crippen LogP contribution in [-0.2, 0) is 16.0 Å². The summed E-state index contributed by atoms with van der Waals surface area (Å²) in [5.74, 6) is -1.04. The van der Waals surface area contributed by atoms with Crippen molar-refractivity contribution in [3.8, 4) is 0 Å². The third-order valence-electron chi connectivity index (χ3n) is 3.59. The van der Waals surface area contributed by atoms with Crippen LogP contribution in [-0.4, -0.2) is 33.3 Å². The molecule has 0 spiro atoms. The van der Waals surface area contributed by atoms with Gasteiger partial charge in [0.1, 0.15) is 6.04 Å². The molecule has 1 heterocycles. The maximum absolute atomic E-state index is 10.9. The van der Waals surface area contributed by atoms with E-state index in [4.69, 9.17) is 5.11 Å². The summed E-state index contributed by atoms with van der Waals surface area (Å²) < 4.78 is 1.94. The highest BCUT2D eigenvalue weighted by Gasteiger charge is 2.20. The van der Waals surface area contributed by atoms with Gasteiger partial charge in [-0.15, -0.1) is 0 Å². The first kappa shape index (κ1) is 13.6. The molecule has 1 aromatic rings. The number of hydrogen-bond acceptors (Lipinski definition) is 3. The molecule has 1 aliphatic rings. The van der Waals surface area contributed by atoms with E-state index in [0.717, 1.165) is 12.8 Å². The molecule has 1 saturated carbocycles. The minimum absolute atomic E-state index is 0.216. The van der Waals surface area contributed by atoms with Crippen LogP contribution < -0.4 is 5.32 Å². The molecular weight excluding hydrogens is 246 g/mol. The van der Waals surface area contributed by atoms with Crippen molar-refractivity contribution in [2.75, 3.05) is 0 Å². The van der Waals surface area contributed by atoms with Crippen LogP contribution in [0.25, 0.3) is 0 Å². The molecule has 1 atom stereocenters. The van der Waals surface area contributed by atoms with Crippen molar-refractivity contribution < 1.29 is 14.7 Å². The van der Waals surface area contributed by atoms with E-state index in [9.17, 15) is 9.59 Å². The Labute approximate surface area is 111 Å². The predicted molar refractivity (Wildman–Crippen MR) is 68.7 cm³/mol. The van der Waals surface area contributed by atoms with Gasteiger partial charge in [0.25, 0.3) is 0 Å². The SMILES string of the molecule is O=CNC(Cc1ccn(C2CCCCC2)n1)C(=O)O. The number of rotatable bonds is 6. The number of aromatic nitrogens is 2. The summed E-state index contributed by atoms with van der Waals surface area (Å²) in [5, 5.41) is 15.7. The van der Waals surface area contributed by atoms with E-state index in [1.165, 1.54) is 19.3 Å². The number of carboxylic acids is 1. The quantitative estimate of drug-likeness (QED) is 0.755. The maximum atomic E-state index is 10.9. The van der Waals surface area contributed by atoms with Crippen LogP contribution in [0.3, 0.4) is 0 Å². The molecule has 0 radical (unpaired) electrons. The highest BCUT2D eigenvalue weighted by atomic mass is 16.4. The van der Waals surface area contributed by atoms with Crippen LogP contribution in [0, 0.1) is 0 Å². The Bertz CT molecular complexity index is 438. The average molecular weight is 265 g/mol. The first-order chi connectivity index (χ1) is 9.20. The van der Waals surface area contributed by atoms with Crippen molar-refractivity contribution in [1.82, 2.24) is 15.1 Å². The lowest BCUT2D eigenvalue weighted by Crippen LogP contribution is -2.37. The molecule has 104 valence electrons. The second-order valence-electron chi connectivity index (χ2n) is 4.96. The van der Waals surface area contributed by atoms with E-state index in [2.05, 4.69) is 10.4 Å². The Morgan fingerprint density at radius 1 is 1.53 bits per heavy atom. The van der Waals surface area contributed by atoms with Crippen LogP contribution in [0.2, 0.25) is 0 Å². The first-order valence-electron chi connectivity index (χ1n) is 6.67. The second-order valence-corrected chi connectivity index (χ2v) is 4.96. The molecule has 6 heteroatoms. The number of aliphatic carboxylic acids is 1. The Balaban J connectivity index is 1.99. The van der Waals surface area contributed by atoms with Gasteiger partial charge in [-0.25, -0.2) is 4.79 Å². The van der Waals surface area contributed by atoms with Gasteiger partial charge in [0.15, 0.2) is 0 Å². The topological polar surface area (TPSA) is 84.2 Å². The number of carbonyl (C=O) groups excluding carboxylic acids is 1. The molecule has 6 nitrogen and oxygen atoms in total. The van der Waals surface area contributed by atoms with Gasteiger partial charge in [-0.3, -0.25) is 9.48 Å². The van der Waals surface area contributed by atoms with Crippen molar-refractivity contribution >= 4 is 12.4 Å². The Morgan fingerprint density at radius 2 is 2.26 bits per heavy atom. The van der Waals surface area contributed by atoms with Gasteiger partial charge in [-0.2, -0.15) is 5.10 Å². The van der Waals surface area contributed by atoms with Crippen molar-refractivity contribution in [2.45, 2.75) is 50.6 Å². The lowest BCUT2D eigenvalue weighted by molar-refractivity contribution is -0.140. The van der Waals surface area contributed by atoms with E-state index in [1.54, 1.807) is 0 Å². The van der Waals surface area contributed by atoms with E-state index in [0.29, 0.717) is 18.1 Å². The summed E-state index contributed by atoms with van der Waals surface area (Å²) in [7, 11) is 0. The molecule has 1 aliphatic carbocycles. The van der Waals surface area contributed by atoms with Crippen LogP contribution in [0.15, 0.2) is 12.3 Å². The fourth-order valence-electron chi connectivity index (χ4n) is 2.54. The minimum Gasteiger partial charge on any atom is -0.480 e. The number of nitrogens with zero attached hydrogens (tertiary/aromatic N) is 2. The minimum atomic E-state index is -1.04. The maximum Gasteiger partial charge on any atom is 0.326 e. The smallest absolute Gasteiger partial charge is 0.326 e. The zero-order valence-corrected chi connectivity index (χ0v) is 10.8. The fraction of sp³-hybridized carbons (Fsp3) is 0.615. The van der Waals surface area contributed by atoms with Crippen LogP contribution in [0.5, 0.6) is 0 Å². The Hall–Kier alpha value is -1.85. The zero-order chi connectivity index (χ0) is 13.7. The summed E-state index contributed by atoms with van der Waals surface area (Å²) in [6.07, 6.45) is 8.55. The molecule has 19 heavy (non-hydrogen) atoms. The van der Waals surface area contributed by atoms with Crippen molar-refractivity contribution in [3.05, 3.63) is 18.0 Å². The summed E-state index contributed by atoms with van der Waals surface area (Å²) in [5.41, 5.74) is 0.701. The monoisotopic (exact) mass is 265 g/mol. The fourth-order valence-corrected chi connectivity index (χ4v) is 2.54. The molecule has 0 aromatic carbocycles. The lowest BCUT2D eigenvalue weighted by atomic mass is 9.96. The first-order valence-corrected chi connectivity index (χ1v) is 6.67. The number of hydrogen-bond donors (Lipinski definition) is 2. The molecule has 1 aromatic heterocycles. The van der Waals surface area contributed by atoms with Gasteiger partial charge < -0.3 is 10.4 Å². The highest BCUT2D eigenvalue weighted by Crippen LogP contribution is 2.27. The third kappa shape index (κ3) is 3.56. The van der Waals surface area contributed by atoms with Gasteiger partial charge in [0.2, 0.25) is 6.41 Å². The third-order valence-corrected chi connectivity index (χ3v) is 3.59. The number of nitrogens with one attached hydrogen (secondary N) is 1. The van der Waals surface area contributed by atoms with Crippen LogP contribution in [0.1, 0.15) is 43.8 Å². The Kier molecular flexibility index (Phi) is 4.54. The molecule has 0 bridgehead atoms. The predicted octanol–water partition coefficient (Wildman–Crippen LogP) is 1.13. The van der Waals surface area contributed by atoms with Gasteiger partial charge in [0, 0.05) is 12.6 Å². The van der Waals surface area contributed by atoms with Crippen molar-refractivity contribution in [2.24, 2.45) is 0 Å². The summed E-state index contributed by atoms with van der Waals surface area (Å²) in [6.45, 7) is 0. The van der Waals surface area contributed by atoms with Gasteiger partial charge in [0.05, 0.1) is 11.7 Å². The Morgan fingerprint density at radius 3 is 2.89 bits per heavy atom. The number of carboxylic acid groups (broad SMARTS) is 1. The second kappa shape index (κ2) is 6.36. The van der Waals surface area contributed by atoms with E-state index in [-0.39, 0.29) is 6.42 Å². The molecule has 1 fully saturated rings. The molecule has 0 aliphatic heterocycles. The zero-order valence-electron chi connectivity index (χ0n) is 10.8. The van der Waals surface area contributed by atoms with Gasteiger partial charge >= 0.3 is 5.97 Å². The van der Waals surface area contributed by atoms with E-state index < -0.39 is 12.0 Å². The number of carbonyl (C=O) groups is 2. The van der Waals surface area contributed by atoms with Gasteiger partial charge in [-0.05, 0) is 18.9 Å². The van der Waals surface area contributed by atoms with E-state index in [1.807, 2.05) is 16.9 Å². The van der Waals surface area contributed by atoms with Crippen LogP contribution >= 0.6 is 0 Å². The van der Waals surface area contributed by atoms with Crippen LogP contribution in [0.4, 0.5) is 0 Å². The summed E-state index contributed by atoms with van der Waals surface area (Å²) in [6, 6.07) is 1.36. The number of amides is 1. The summed E-state index contributed by atoms with van der Waals surface area (Å²) in [4.78, 5) is 21.3. The van der Waals surface area contributed by atoms with Gasteiger partial charge in [-0.1, -0.05) is 19.3 Å². The molecule has 1 amide bonds. The standard InChI is InChI=1S/C13H19N3O3/c17-9-14-12(13(18)19)8-10-6-7-16(15-10)11-4-2-1-3-5-11/h6-7,9,11-12H,1-5,8H2,(H,14,17)(H,18,19). The molecule has 2 rings (SSSR count). The molecule has 0 saturated heterocycles. The highest BCUT2D eigenvalue weighted by molar-refractivity contribution is 5.76. The van der Waals surface area contributed by atoms with E-state index >= 15 is 0 Å². The van der Waals surface area contributed by atoms with Crippen molar-refractivity contribution in [1.29, 1.82) is 0 Å². The summed E-state index contributed by atoms with van der Waals surface area (Å²) >= 11 is 0.